The lowest BCUT2D eigenvalue weighted by Crippen LogP contribution is -2.23. The molecule has 1 aromatic heterocycles. The summed E-state index contributed by atoms with van der Waals surface area (Å²) in [6, 6.07) is 13.6. The van der Waals surface area contributed by atoms with E-state index in [0.29, 0.717) is 18.7 Å². The molecule has 0 bridgehead atoms. The van der Waals surface area contributed by atoms with Crippen molar-refractivity contribution in [3.05, 3.63) is 82.9 Å². The number of hydrogen-bond acceptors (Lipinski definition) is 3. The fraction of sp³-hybridized carbons (Fsp3) is 0.240. The molecule has 3 aromatic rings. The molecule has 0 aliphatic carbocycles. The molecule has 1 fully saturated rings. The van der Waals surface area contributed by atoms with E-state index < -0.39 is 0 Å². The number of halogens is 1. The van der Waals surface area contributed by atoms with Gasteiger partial charge in [0.15, 0.2) is 0 Å². The number of nitrogens with one attached hydrogen (secondary N) is 1. The highest BCUT2D eigenvalue weighted by Gasteiger charge is 2.20. The van der Waals surface area contributed by atoms with Crippen LogP contribution in [0.2, 0.25) is 0 Å². The Morgan fingerprint density at radius 1 is 1.19 bits per heavy atom. The zero-order valence-corrected chi connectivity index (χ0v) is 18.1. The number of nitrogens with zero attached hydrogens (tertiary/aromatic N) is 3. The third kappa shape index (κ3) is 4.77. The normalized spacial score (nSPS) is 13.8. The van der Waals surface area contributed by atoms with E-state index in [1.807, 2.05) is 43.0 Å². The summed E-state index contributed by atoms with van der Waals surface area (Å²) in [5, 5.41) is 7.39. The zero-order valence-electron chi connectivity index (χ0n) is 18.1. The average molecular weight is 432 g/mol. The van der Waals surface area contributed by atoms with Crippen LogP contribution in [0.1, 0.15) is 35.4 Å². The molecule has 2 aromatic carbocycles. The van der Waals surface area contributed by atoms with Crippen LogP contribution in [0.3, 0.4) is 0 Å². The lowest BCUT2D eigenvalue weighted by atomic mass is 10.1. The summed E-state index contributed by atoms with van der Waals surface area (Å²) in [5.41, 5.74) is 4.88. The summed E-state index contributed by atoms with van der Waals surface area (Å²) in [4.78, 5) is 26.2. The summed E-state index contributed by atoms with van der Waals surface area (Å²) in [6.07, 6.45) is 4.72. The van der Waals surface area contributed by atoms with Crippen molar-refractivity contribution < 1.29 is 14.0 Å². The number of rotatable bonds is 6. The number of hydrogen-bond donors (Lipinski definition) is 1. The lowest BCUT2D eigenvalue weighted by molar-refractivity contribution is -0.128. The summed E-state index contributed by atoms with van der Waals surface area (Å²) < 4.78 is 14.9. The minimum Gasteiger partial charge on any atom is -0.338 e. The van der Waals surface area contributed by atoms with Crippen LogP contribution in [0.25, 0.3) is 11.8 Å². The Kier molecular flexibility index (Phi) is 6.16. The summed E-state index contributed by atoms with van der Waals surface area (Å²) >= 11 is 0. The predicted molar refractivity (Wildman–Crippen MR) is 122 cm³/mol. The van der Waals surface area contributed by atoms with Crippen LogP contribution in [-0.2, 0) is 16.1 Å². The first-order chi connectivity index (χ1) is 15.4. The molecule has 0 unspecified atom stereocenters. The van der Waals surface area contributed by atoms with Crippen molar-refractivity contribution >= 4 is 23.6 Å². The number of likely N-dealkylation sites (tertiary alicyclic amines) is 1. The van der Waals surface area contributed by atoms with Crippen molar-refractivity contribution in [1.82, 2.24) is 14.7 Å². The van der Waals surface area contributed by atoms with Gasteiger partial charge in [0.2, 0.25) is 11.8 Å². The first kappa shape index (κ1) is 21.5. The second kappa shape index (κ2) is 9.18. The largest absolute Gasteiger partial charge is 0.338 e. The topological polar surface area (TPSA) is 67.2 Å². The molecule has 6 nitrogen and oxygen atoms in total. The Morgan fingerprint density at radius 3 is 2.69 bits per heavy atom. The fourth-order valence-electron chi connectivity index (χ4n) is 3.91. The fourth-order valence-corrected chi connectivity index (χ4v) is 3.91. The average Bonchev–Trinajstić information content (AvgIpc) is 3.29. The highest BCUT2D eigenvalue weighted by Crippen LogP contribution is 2.20. The maximum absolute atomic E-state index is 13.2. The van der Waals surface area contributed by atoms with Gasteiger partial charge >= 0.3 is 0 Å². The standard InChI is InChI=1S/C25H25FN4O2/c1-17-23(18(2)30(28-17)22-10-8-20(26)9-11-22)12-13-24(31)27-21-6-3-5-19(15-21)16-29-14-4-7-25(29)32/h3,5-6,8-13,15H,4,7,14,16H2,1-2H3,(H,27,31)/b13-12+. The van der Waals surface area contributed by atoms with E-state index in [1.54, 1.807) is 22.9 Å². The predicted octanol–water partition coefficient (Wildman–Crippen LogP) is 4.40. The van der Waals surface area contributed by atoms with Gasteiger partial charge in [-0.15, -0.1) is 0 Å². The second-order valence-corrected chi connectivity index (χ2v) is 7.91. The Balaban J connectivity index is 1.44. The van der Waals surface area contributed by atoms with Gasteiger partial charge in [0.25, 0.3) is 0 Å². The van der Waals surface area contributed by atoms with Crippen molar-refractivity contribution in [3.8, 4) is 5.69 Å². The van der Waals surface area contributed by atoms with Crippen molar-refractivity contribution in [1.29, 1.82) is 0 Å². The van der Waals surface area contributed by atoms with E-state index in [-0.39, 0.29) is 17.6 Å². The van der Waals surface area contributed by atoms with Gasteiger partial charge in [-0.25, -0.2) is 9.07 Å². The number of carbonyl (C=O) groups is 2. The first-order valence-electron chi connectivity index (χ1n) is 10.6. The monoisotopic (exact) mass is 432 g/mol. The van der Waals surface area contributed by atoms with Crippen LogP contribution in [0, 0.1) is 19.7 Å². The van der Waals surface area contributed by atoms with Crippen LogP contribution in [0.5, 0.6) is 0 Å². The van der Waals surface area contributed by atoms with E-state index in [4.69, 9.17) is 0 Å². The molecule has 2 amide bonds. The summed E-state index contributed by atoms with van der Waals surface area (Å²) in [6.45, 7) is 5.11. The molecule has 1 saturated heterocycles. The van der Waals surface area contributed by atoms with E-state index in [2.05, 4.69) is 10.4 Å². The van der Waals surface area contributed by atoms with Gasteiger partial charge < -0.3 is 10.2 Å². The van der Waals surface area contributed by atoms with Gasteiger partial charge in [-0.05, 0) is 68.3 Å². The number of anilines is 1. The number of aromatic nitrogens is 2. The Labute approximate surface area is 186 Å². The highest BCUT2D eigenvalue weighted by atomic mass is 19.1. The molecule has 7 heteroatoms. The van der Waals surface area contributed by atoms with Crippen LogP contribution in [-0.4, -0.2) is 33.0 Å². The minimum absolute atomic E-state index is 0.175. The number of aryl methyl sites for hydroxylation is 1. The third-order valence-electron chi connectivity index (χ3n) is 5.56. The van der Waals surface area contributed by atoms with Gasteiger partial charge in [0, 0.05) is 42.5 Å². The molecule has 0 atom stereocenters. The first-order valence-corrected chi connectivity index (χ1v) is 10.6. The zero-order chi connectivity index (χ0) is 22.7. The van der Waals surface area contributed by atoms with Crippen LogP contribution in [0.15, 0.2) is 54.6 Å². The van der Waals surface area contributed by atoms with Crippen LogP contribution < -0.4 is 5.32 Å². The van der Waals surface area contributed by atoms with E-state index in [1.165, 1.54) is 18.2 Å². The van der Waals surface area contributed by atoms with Gasteiger partial charge in [0.05, 0.1) is 11.4 Å². The lowest BCUT2D eigenvalue weighted by Gasteiger charge is -2.16. The summed E-state index contributed by atoms with van der Waals surface area (Å²) in [5.74, 6) is -0.384. The van der Waals surface area contributed by atoms with Gasteiger partial charge in [0.1, 0.15) is 5.82 Å². The van der Waals surface area contributed by atoms with Gasteiger partial charge in [-0.1, -0.05) is 12.1 Å². The highest BCUT2D eigenvalue weighted by molar-refractivity contribution is 6.02. The minimum atomic E-state index is -0.303. The van der Waals surface area contributed by atoms with Crippen molar-refractivity contribution in [3.63, 3.8) is 0 Å². The Hall–Kier alpha value is -3.74. The molecule has 4 rings (SSSR count). The molecule has 164 valence electrons. The van der Waals surface area contributed by atoms with Gasteiger partial charge in [-0.2, -0.15) is 5.10 Å². The molecule has 32 heavy (non-hydrogen) atoms. The molecule has 0 saturated carbocycles. The number of amides is 2. The number of carbonyl (C=O) groups excluding carboxylic acids is 2. The SMILES string of the molecule is Cc1nn(-c2ccc(F)cc2)c(C)c1/C=C/C(=O)Nc1cccc(CN2CCCC2=O)c1. The molecule has 0 spiro atoms. The van der Waals surface area contributed by atoms with Crippen LogP contribution in [0.4, 0.5) is 10.1 Å². The smallest absolute Gasteiger partial charge is 0.248 e. The molecular formula is C25H25FN4O2. The van der Waals surface area contributed by atoms with Gasteiger partial charge in [-0.3, -0.25) is 9.59 Å². The van der Waals surface area contributed by atoms with E-state index in [9.17, 15) is 14.0 Å². The van der Waals surface area contributed by atoms with Crippen LogP contribution >= 0.6 is 0 Å². The Bertz CT molecular complexity index is 1180. The van der Waals surface area contributed by atoms with E-state index >= 15 is 0 Å². The molecular weight excluding hydrogens is 407 g/mol. The second-order valence-electron chi connectivity index (χ2n) is 7.91. The maximum Gasteiger partial charge on any atom is 0.248 e. The molecule has 1 aliphatic heterocycles. The molecule has 1 N–H and O–H groups in total. The number of benzene rings is 2. The summed E-state index contributed by atoms with van der Waals surface area (Å²) in [7, 11) is 0. The third-order valence-corrected chi connectivity index (χ3v) is 5.56. The molecule has 0 radical (unpaired) electrons. The van der Waals surface area contributed by atoms with Crippen molar-refractivity contribution in [2.75, 3.05) is 11.9 Å². The molecule has 2 heterocycles. The maximum atomic E-state index is 13.2. The molecule has 1 aliphatic rings. The van der Waals surface area contributed by atoms with E-state index in [0.717, 1.165) is 41.2 Å². The Morgan fingerprint density at radius 2 is 1.97 bits per heavy atom. The quantitative estimate of drug-likeness (QED) is 0.587. The van der Waals surface area contributed by atoms with Crippen molar-refractivity contribution in [2.24, 2.45) is 0 Å². The van der Waals surface area contributed by atoms with Crippen molar-refractivity contribution in [2.45, 2.75) is 33.2 Å².